The van der Waals surface area contributed by atoms with Gasteiger partial charge in [0.25, 0.3) is 0 Å². The third-order valence-electron chi connectivity index (χ3n) is 2.39. The van der Waals surface area contributed by atoms with Gasteiger partial charge in [0.15, 0.2) is 0 Å². The first-order valence-corrected chi connectivity index (χ1v) is 4.94. The number of hydrogen-bond donors (Lipinski definition) is 2. The predicted molar refractivity (Wildman–Crippen MR) is 57.5 cm³/mol. The quantitative estimate of drug-likeness (QED) is 0.711. The molecule has 2 aliphatic rings. The van der Waals surface area contributed by atoms with Gasteiger partial charge in [-0.05, 0) is 12.2 Å². The summed E-state index contributed by atoms with van der Waals surface area (Å²) in [6.45, 7) is 1.39. The smallest absolute Gasteiger partial charge is 0.124 e. The van der Waals surface area contributed by atoms with E-state index in [1.54, 1.807) is 12.2 Å². The molecule has 0 amide bonds. The molecule has 0 aromatic heterocycles. The lowest BCUT2D eigenvalue weighted by molar-refractivity contribution is 0.0982. The Morgan fingerprint density at radius 2 is 2.40 bits per heavy atom. The number of nitrogens with two attached hydrogens (primary N) is 1. The number of ether oxygens (including phenoxy) is 2. The van der Waals surface area contributed by atoms with Crippen molar-refractivity contribution in [2.75, 3.05) is 13.2 Å². The molecule has 0 aromatic carbocycles. The maximum absolute atomic E-state index is 7.66. The molecular weight excluding hydrogens is 192 g/mol. The molecule has 0 bridgehead atoms. The van der Waals surface area contributed by atoms with Crippen LogP contribution >= 0.6 is 0 Å². The zero-order valence-electron chi connectivity index (χ0n) is 8.40. The molecule has 1 unspecified atom stereocenters. The Balaban J connectivity index is 2.00. The molecule has 1 saturated heterocycles. The lowest BCUT2D eigenvalue weighted by Gasteiger charge is -2.15. The van der Waals surface area contributed by atoms with Gasteiger partial charge in [-0.1, -0.05) is 0 Å². The maximum Gasteiger partial charge on any atom is 0.124 e. The fourth-order valence-electron chi connectivity index (χ4n) is 1.55. The molecule has 1 aliphatic carbocycles. The molecule has 1 aliphatic heterocycles. The average Bonchev–Trinajstić information content (AvgIpc) is 2.71. The summed E-state index contributed by atoms with van der Waals surface area (Å²) in [5, 5.41) is 7.66. The summed E-state index contributed by atoms with van der Waals surface area (Å²) >= 11 is 0. The van der Waals surface area contributed by atoms with Crippen LogP contribution in [0.25, 0.3) is 0 Å². The van der Waals surface area contributed by atoms with Gasteiger partial charge in [0.1, 0.15) is 11.9 Å². The van der Waals surface area contributed by atoms with E-state index in [9.17, 15) is 0 Å². The number of nitrogens with one attached hydrogen (secondary N) is 1. The Labute approximate surface area is 88.6 Å². The molecule has 0 radical (unpaired) electrons. The van der Waals surface area contributed by atoms with E-state index in [2.05, 4.69) is 0 Å². The van der Waals surface area contributed by atoms with E-state index < -0.39 is 0 Å². The van der Waals surface area contributed by atoms with Gasteiger partial charge >= 0.3 is 0 Å². The van der Waals surface area contributed by atoms with Crippen LogP contribution in [0.2, 0.25) is 0 Å². The molecule has 0 aromatic rings. The highest BCUT2D eigenvalue weighted by molar-refractivity contribution is 6.09. The normalized spacial score (nSPS) is 28.3. The highest BCUT2D eigenvalue weighted by Crippen LogP contribution is 2.18. The minimum atomic E-state index is 0.122. The summed E-state index contributed by atoms with van der Waals surface area (Å²) in [7, 11) is 0. The third kappa shape index (κ3) is 2.27. The molecule has 1 heterocycles. The van der Waals surface area contributed by atoms with Crippen LogP contribution in [0.15, 0.2) is 35.8 Å². The summed E-state index contributed by atoms with van der Waals surface area (Å²) in [6.07, 6.45) is 7.75. The average molecular weight is 206 g/mol. The molecule has 0 saturated carbocycles. The van der Waals surface area contributed by atoms with Crippen LogP contribution in [-0.2, 0) is 9.47 Å². The van der Waals surface area contributed by atoms with Gasteiger partial charge < -0.3 is 20.6 Å². The van der Waals surface area contributed by atoms with Crippen molar-refractivity contribution in [3.8, 4) is 0 Å². The Morgan fingerprint density at radius 3 is 3.00 bits per heavy atom. The molecule has 1 fully saturated rings. The fourth-order valence-corrected chi connectivity index (χ4v) is 1.55. The minimum absolute atomic E-state index is 0.122. The lowest BCUT2D eigenvalue weighted by Crippen LogP contribution is -2.14. The van der Waals surface area contributed by atoms with Crippen LogP contribution in [0.3, 0.4) is 0 Å². The zero-order valence-corrected chi connectivity index (χ0v) is 8.40. The van der Waals surface area contributed by atoms with E-state index in [-0.39, 0.29) is 6.10 Å². The highest BCUT2D eigenvalue weighted by Gasteiger charge is 2.18. The van der Waals surface area contributed by atoms with Crippen molar-refractivity contribution in [2.24, 2.45) is 5.73 Å². The molecule has 80 valence electrons. The topological polar surface area (TPSA) is 68.3 Å². The molecule has 1 atom stereocenters. The Hall–Kier alpha value is -1.55. The molecule has 2 rings (SSSR count). The minimum Gasteiger partial charge on any atom is -0.488 e. The second-order valence-corrected chi connectivity index (χ2v) is 3.52. The van der Waals surface area contributed by atoms with Gasteiger partial charge in [0.05, 0.1) is 18.9 Å². The molecule has 4 nitrogen and oxygen atoms in total. The first kappa shape index (κ1) is 9.98. The van der Waals surface area contributed by atoms with Gasteiger partial charge in [0, 0.05) is 24.3 Å². The van der Waals surface area contributed by atoms with E-state index in [0.717, 1.165) is 13.0 Å². The van der Waals surface area contributed by atoms with Crippen LogP contribution < -0.4 is 5.73 Å². The largest absolute Gasteiger partial charge is 0.488 e. The molecular formula is C11H14N2O2. The summed E-state index contributed by atoms with van der Waals surface area (Å²) in [6, 6.07) is 0. The summed E-state index contributed by atoms with van der Waals surface area (Å²) in [4.78, 5) is 0. The Kier molecular flexibility index (Phi) is 2.87. The van der Waals surface area contributed by atoms with Crippen LogP contribution in [0.5, 0.6) is 0 Å². The van der Waals surface area contributed by atoms with Crippen LogP contribution in [0.1, 0.15) is 6.42 Å². The van der Waals surface area contributed by atoms with Gasteiger partial charge in [-0.3, -0.25) is 0 Å². The molecule has 0 spiro atoms. The summed E-state index contributed by atoms with van der Waals surface area (Å²) in [5.41, 5.74) is 6.45. The van der Waals surface area contributed by atoms with Gasteiger partial charge in [-0.15, -0.1) is 0 Å². The highest BCUT2D eigenvalue weighted by atomic mass is 16.5. The van der Waals surface area contributed by atoms with Crippen LogP contribution in [0.4, 0.5) is 0 Å². The Bertz CT molecular complexity index is 350. The lowest BCUT2D eigenvalue weighted by atomic mass is 10.1. The van der Waals surface area contributed by atoms with E-state index in [0.29, 0.717) is 23.7 Å². The van der Waals surface area contributed by atoms with Crippen LogP contribution in [0, 0.1) is 5.41 Å². The fraction of sp³-hybridized carbons (Fsp3) is 0.364. The van der Waals surface area contributed by atoms with Crippen molar-refractivity contribution in [3.05, 3.63) is 35.8 Å². The van der Waals surface area contributed by atoms with Crippen molar-refractivity contribution in [1.82, 2.24) is 0 Å². The molecule has 15 heavy (non-hydrogen) atoms. The van der Waals surface area contributed by atoms with Gasteiger partial charge in [-0.2, -0.15) is 0 Å². The summed E-state index contributed by atoms with van der Waals surface area (Å²) in [5.74, 6) is 0.709. The summed E-state index contributed by atoms with van der Waals surface area (Å²) < 4.78 is 10.9. The van der Waals surface area contributed by atoms with Crippen molar-refractivity contribution >= 4 is 5.71 Å². The monoisotopic (exact) mass is 206 g/mol. The van der Waals surface area contributed by atoms with E-state index in [4.69, 9.17) is 20.6 Å². The third-order valence-corrected chi connectivity index (χ3v) is 2.39. The van der Waals surface area contributed by atoms with Gasteiger partial charge in [0.2, 0.25) is 0 Å². The maximum atomic E-state index is 7.66. The van der Waals surface area contributed by atoms with Crippen LogP contribution in [-0.4, -0.2) is 25.0 Å². The van der Waals surface area contributed by atoms with E-state index >= 15 is 0 Å². The van der Waals surface area contributed by atoms with E-state index in [1.807, 2.05) is 6.08 Å². The van der Waals surface area contributed by atoms with Crippen molar-refractivity contribution in [3.63, 3.8) is 0 Å². The molecule has 4 heteroatoms. The van der Waals surface area contributed by atoms with Crippen molar-refractivity contribution in [2.45, 2.75) is 12.5 Å². The predicted octanol–water partition coefficient (Wildman–Crippen LogP) is 1.11. The first-order chi connectivity index (χ1) is 7.29. The van der Waals surface area contributed by atoms with E-state index in [1.165, 1.54) is 6.20 Å². The second kappa shape index (κ2) is 4.31. The zero-order chi connectivity index (χ0) is 10.7. The Morgan fingerprint density at radius 1 is 1.53 bits per heavy atom. The first-order valence-electron chi connectivity index (χ1n) is 4.94. The SMILES string of the molecule is N=C1C=C(OC2CCOC2)C=C/C1=C/N. The van der Waals surface area contributed by atoms with Crippen molar-refractivity contribution in [1.29, 1.82) is 5.41 Å². The number of allylic oxidation sites excluding steroid dienone is 4. The molecule has 3 N–H and O–H groups in total. The standard InChI is InChI=1S/C11H14N2O2/c12-6-8-1-2-9(5-11(8)13)15-10-3-4-14-7-10/h1-2,5-6,10,13H,3-4,7,12H2/b8-6-,13-11?. The van der Waals surface area contributed by atoms with Crippen molar-refractivity contribution < 1.29 is 9.47 Å². The number of rotatable bonds is 2. The van der Waals surface area contributed by atoms with Gasteiger partial charge in [-0.25, -0.2) is 0 Å². The second-order valence-electron chi connectivity index (χ2n) is 3.52. The number of hydrogen-bond acceptors (Lipinski definition) is 4.